The van der Waals surface area contributed by atoms with Gasteiger partial charge in [-0.1, -0.05) is 0 Å². The lowest BCUT2D eigenvalue weighted by Crippen LogP contribution is -2.47. The summed E-state index contributed by atoms with van der Waals surface area (Å²) in [6.07, 6.45) is 9.61. The number of hydrogen-bond acceptors (Lipinski definition) is 8. The van der Waals surface area contributed by atoms with Crippen LogP contribution in [0.3, 0.4) is 0 Å². The van der Waals surface area contributed by atoms with Crippen molar-refractivity contribution in [2.45, 2.75) is 33.0 Å². The van der Waals surface area contributed by atoms with E-state index in [2.05, 4.69) is 50.6 Å². The summed E-state index contributed by atoms with van der Waals surface area (Å²) in [5.74, 6) is 0.491. The van der Waals surface area contributed by atoms with Gasteiger partial charge in [-0.05, 0) is 32.9 Å². The number of aromatic nitrogens is 7. The molecule has 0 aliphatic carbocycles. The highest BCUT2D eigenvalue weighted by atomic mass is 16.5. The molecule has 0 aromatic carbocycles. The van der Waals surface area contributed by atoms with Gasteiger partial charge in [0.1, 0.15) is 0 Å². The molecule has 208 valence electrons. The van der Waals surface area contributed by atoms with Crippen LogP contribution in [-0.2, 0) is 18.8 Å². The van der Waals surface area contributed by atoms with Crippen molar-refractivity contribution in [1.82, 2.24) is 44.4 Å². The first-order valence-electron chi connectivity index (χ1n) is 13.5. The Morgan fingerprint density at radius 1 is 1.05 bits per heavy atom. The maximum atomic E-state index is 13.0. The van der Waals surface area contributed by atoms with Crippen LogP contribution in [0.5, 0.6) is 0 Å². The molecule has 1 aliphatic rings. The fraction of sp³-hybridized carbons (Fsp3) is 0.393. The Hall–Kier alpha value is -4.29. The number of amides is 1. The smallest absolute Gasteiger partial charge is 0.252 e. The first-order valence-corrected chi connectivity index (χ1v) is 13.5. The third-order valence-corrected chi connectivity index (χ3v) is 7.29. The van der Waals surface area contributed by atoms with Gasteiger partial charge >= 0.3 is 0 Å². The fourth-order valence-electron chi connectivity index (χ4n) is 5.44. The van der Waals surface area contributed by atoms with Gasteiger partial charge in [0.2, 0.25) is 0 Å². The van der Waals surface area contributed by atoms with E-state index >= 15 is 0 Å². The van der Waals surface area contributed by atoms with Gasteiger partial charge in [-0.15, -0.1) is 0 Å². The van der Waals surface area contributed by atoms with E-state index in [-0.39, 0.29) is 18.1 Å². The number of aryl methyl sites for hydroxylation is 3. The molecule has 1 saturated heterocycles. The predicted octanol–water partition coefficient (Wildman–Crippen LogP) is 2.91. The van der Waals surface area contributed by atoms with Crippen molar-refractivity contribution in [1.29, 1.82) is 0 Å². The minimum atomic E-state index is -0.157. The average molecular weight is 543 g/mol. The number of nitrogens with zero attached hydrogens (tertiary/aromatic N) is 8. The molecule has 0 unspecified atom stereocenters. The van der Waals surface area contributed by atoms with Gasteiger partial charge in [0.25, 0.3) is 5.91 Å². The van der Waals surface area contributed by atoms with Gasteiger partial charge in [-0.2, -0.15) is 15.3 Å². The summed E-state index contributed by atoms with van der Waals surface area (Å²) in [4.78, 5) is 19.8. The average Bonchev–Trinajstić information content (AvgIpc) is 3.61. The summed E-state index contributed by atoms with van der Waals surface area (Å²) in [7, 11) is 3.81. The molecule has 1 fully saturated rings. The topological polar surface area (TPSA) is 119 Å². The van der Waals surface area contributed by atoms with Crippen molar-refractivity contribution >= 4 is 33.8 Å². The van der Waals surface area contributed by atoms with Crippen LogP contribution in [0, 0.1) is 6.92 Å². The maximum Gasteiger partial charge on any atom is 0.252 e. The van der Waals surface area contributed by atoms with E-state index in [1.807, 2.05) is 54.9 Å². The first kappa shape index (κ1) is 26.0. The number of fused-ring (bicyclic) bond motifs is 3. The van der Waals surface area contributed by atoms with E-state index < -0.39 is 0 Å². The number of carbonyl (C=O) groups excluding carboxylic acids is 1. The van der Waals surface area contributed by atoms with Gasteiger partial charge in [0, 0.05) is 70.0 Å². The second-order valence-electron chi connectivity index (χ2n) is 10.6. The Labute approximate surface area is 231 Å². The van der Waals surface area contributed by atoms with Crippen LogP contribution < -0.4 is 10.6 Å². The van der Waals surface area contributed by atoms with E-state index in [9.17, 15) is 4.79 Å². The third-order valence-electron chi connectivity index (χ3n) is 7.29. The number of anilines is 2. The van der Waals surface area contributed by atoms with Gasteiger partial charge in [-0.3, -0.25) is 24.0 Å². The zero-order valence-electron chi connectivity index (χ0n) is 23.4. The maximum absolute atomic E-state index is 13.0. The summed E-state index contributed by atoms with van der Waals surface area (Å²) in [6, 6.07) is 3.91. The van der Waals surface area contributed by atoms with E-state index in [1.54, 1.807) is 17.1 Å². The SMILES string of the molecule is Cc1ncc(C(=O)NCCN2C[C@@H](C)O[C@H](C)C2)cc1Nc1nn(C)c2c1cnn1cc(-c3cnn(C)c3)cc21. The summed E-state index contributed by atoms with van der Waals surface area (Å²) < 4.78 is 11.3. The Morgan fingerprint density at radius 3 is 2.60 bits per heavy atom. The fourth-order valence-corrected chi connectivity index (χ4v) is 5.44. The Balaban J connectivity index is 1.20. The molecule has 40 heavy (non-hydrogen) atoms. The van der Waals surface area contributed by atoms with Crippen LogP contribution in [0.4, 0.5) is 11.5 Å². The molecule has 5 aromatic heterocycles. The number of hydrogen-bond donors (Lipinski definition) is 2. The minimum absolute atomic E-state index is 0.157. The van der Waals surface area contributed by atoms with Crippen LogP contribution in [-0.4, -0.2) is 83.4 Å². The molecule has 0 spiro atoms. The quantitative estimate of drug-likeness (QED) is 0.322. The number of morpholine rings is 1. The zero-order chi connectivity index (χ0) is 28.0. The van der Waals surface area contributed by atoms with E-state index in [0.717, 1.165) is 58.6 Å². The summed E-state index contributed by atoms with van der Waals surface area (Å²) in [5, 5.41) is 21.0. The molecular formula is C28H34N10O2. The molecule has 2 N–H and O–H groups in total. The molecule has 12 nitrogen and oxygen atoms in total. The number of carbonyl (C=O) groups is 1. The highest BCUT2D eigenvalue weighted by Gasteiger charge is 2.22. The molecule has 0 saturated carbocycles. The Morgan fingerprint density at radius 2 is 1.85 bits per heavy atom. The van der Waals surface area contributed by atoms with Crippen LogP contribution in [0.1, 0.15) is 29.9 Å². The summed E-state index contributed by atoms with van der Waals surface area (Å²) in [5.41, 5.74) is 5.90. The molecular weight excluding hydrogens is 508 g/mol. The van der Waals surface area contributed by atoms with Crippen molar-refractivity contribution < 1.29 is 9.53 Å². The Kier molecular flexibility index (Phi) is 6.72. The molecule has 2 atom stereocenters. The lowest BCUT2D eigenvalue weighted by molar-refractivity contribution is -0.0672. The van der Waals surface area contributed by atoms with Gasteiger partial charge < -0.3 is 15.4 Å². The molecule has 1 amide bonds. The molecule has 5 aromatic rings. The van der Waals surface area contributed by atoms with Gasteiger partial charge in [0.15, 0.2) is 5.82 Å². The molecule has 1 aliphatic heterocycles. The number of rotatable bonds is 7. The van der Waals surface area contributed by atoms with Crippen molar-refractivity contribution in [3.8, 4) is 11.1 Å². The van der Waals surface area contributed by atoms with Gasteiger partial charge in [0.05, 0.1) is 58.0 Å². The molecule has 6 rings (SSSR count). The highest BCUT2D eigenvalue weighted by molar-refractivity contribution is 6.01. The monoisotopic (exact) mass is 542 g/mol. The third kappa shape index (κ3) is 5.03. The molecule has 0 radical (unpaired) electrons. The number of nitrogens with one attached hydrogen (secondary N) is 2. The Bertz CT molecular complexity index is 1690. The van der Waals surface area contributed by atoms with Crippen LogP contribution in [0.25, 0.3) is 27.5 Å². The van der Waals surface area contributed by atoms with Gasteiger partial charge in [-0.25, -0.2) is 4.52 Å². The number of pyridine rings is 1. The minimum Gasteiger partial charge on any atom is -0.373 e. The largest absolute Gasteiger partial charge is 0.373 e. The molecule has 12 heteroatoms. The second-order valence-corrected chi connectivity index (χ2v) is 10.6. The van der Waals surface area contributed by atoms with E-state index in [1.165, 1.54) is 0 Å². The van der Waals surface area contributed by atoms with Crippen molar-refractivity contribution in [3.63, 3.8) is 0 Å². The van der Waals surface area contributed by atoms with E-state index in [0.29, 0.717) is 17.9 Å². The standard InChI is InChI=1S/C28H34N10O2/c1-17-13-37(14-18(2)40-17)7-6-29-28(39)20-8-24(19(3)30-10-20)33-27-23-12-32-38-16-21(22-11-31-35(4)15-22)9-25(38)26(23)36(5)34-27/h8-12,15-18H,6-7,13-14H2,1-5H3,(H,29,39)(H,33,34)/t17-,18-/m1/s1. The first-order chi connectivity index (χ1) is 19.2. The number of ether oxygens (including phenoxy) is 1. The lowest BCUT2D eigenvalue weighted by Gasteiger charge is -2.35. The van der Waals surface area contributed by atoms with Crippen LogP contribution in [0.2, 0.25) is 0 Å². The normalized spacial score (nSPS) is 18.0. The molecule has 6 heterocycles. The predicted molar refractivity (Wildman–Crippen MR) is 153 cm³/mol. The second kappa shape index (κ2) is 10.4. The van der Waals surface area contributed by atoms with Crippen LogP contribution >= 0.6 is 0 Å². The van der Waals surface area contributed by atoms with Crippen molar-refractivity contribution in [2.75, 3.05) is 31.5 Å². The van der Waals surface area contributed by atoms with Crippen molar-refractivity contribution in [3.05, 3.63) is 54.4 Å². The van der Waals surface area contributed by atoms with Crippen LogP contribution in [0.15, 0.2) is 43.1 Å². The zero-order valence-corrected chi connectivity index (χ0v) is 23.4. The lowest BCUT2D eigenvalue weighted by atomic mass is 10.2. The highest BCUT2D eigenvalue weighted by Crippen LogP contribution is 2.31. The van der Waals surface area contributed by atoms with E-state index in [4.69, 9.17) is 9.84 Å². The summed E-state index contributed by atoms with van der Waals surface area (Å²) >= 11 is 0. The molecule has 0 bridgehead atoms. The van der Waals surface area contributed by atoms with Crippen molar-refractivity contribution in [2.24, 2.45) is 14.1 Å². The summed E-state index contributed by atoms with van der Waals surface area (Å²) in [6.45, 7) is 9.13.